The Balaban J connectivity index is 1.66. The first-order valence-corrected chi connectivity index (χ1v) is 12.8. The van der Waals surface area contributed by atoms with Gasteiger partial charge < -0.3 is 14.6 Å². The van der Waals surface area contributed by atoms with Gasteiger partial charge in [0.25, 0.3) is 5.78 Å². The normalized spacial score (nSPS) is 20.2. The second-order valence-corrected chi connectivity index (χ2v) is 10.1. The van der Waals surface area contributed by atoms with Crippen LogP contribution in [0.1, 0.15) is 57.5 Å². The Kier molecular flexibility index (Phi) is 6.33. The van der Waals surface area contributed by atoms with Gasteiger partial charge in [0.2, 0.25) is 0 Å². The molecule has 1 aromatic heterocycles. The third kappa shape index (κ3) is 4.29. The zero-order valence-electron chi connectivity index (χ0n) is 20.9. The van der Waals surface area contributed by atoms with Crippen LogP contribution in [0.15, 0.2) is 48.0 Å². The third-order valence-electron chi connectivity index (χ3n) is 6.46. The Morgan fingerprint density at radius 2 is 1.92 bits per heavy atom. The van der Waals surface area contributed by atoms with E-state index in [2.05, 4.69) is 4.98 Å². The summed E-state index contributed by atoms with van der Waals surface area (Å²) in [6, 6.07) is 11.7. The number of nitrogens with zero attached hydrogens (tertiary/aromatic N) is 2. The molecule has 0 radical (unpaired) electrons. The largest absolute Gasteiger partial charge is 0.507 e. The number of aliphatic hydroxyl groups is 1. The van der Waals surface area contributed by atoms with E-state index in [1.54, 1.807) is 32.0 Å². The molecule has 8 nitrogen and oxygen atoms in total. The van der Waals surface area contributed by atoms with Gasteiger partial charge >= 0.3 is 11.9 Å². The molecule has 0 spiro atoms. The highest BCUT2D eigenvalue weighted by molar-refractivity contribution is 7.17. The Morgan fingerprint density at radius 1 is 1.19 bits per heavy atom. The lowest BCUT2D eigenvalue weighted by Gasteiger charge is -2.23. The van der Waals surface area contributed by atoms with Crippen molar-refractivity contribution in [3.05, 3.63) is 80.9 Å². The van der Waals surface area contributed by atoms with E-state index in [1.807, 2.05) is 38.1 Å². The molecule has 1 N–H and O–H groups in total. The minimum atomic E-state index is -0.926. The van der Waals surface area contributed by atoms with E-state index >= 15 is 0 Å². The van der Waals surface area contributed by atoms with Gasteiger partial charge in [-0.2, -0.15) is 0 Å². The minimum absolute atomic E-state index is 0.0206. The number of rotatable bonds is 5. The lowest BCUT2D eigenvalue weighted by atomic mass is 9.94. The highest BCUT2D eigenvalue weighted by Gasteiger charge is 2.48. The maximum absolute atomic E-state index is 13.4. The quantitative estimate of drug-likeness (QED) is 0.222. The van der Waals surface area contributed by atoms with E-state index in [0.29, 0.717) is 23.2 Å². The highest BCUT2D eigenvalue weighted by atomic mass is 32.1. The summed E-state index contributed by atoms with van der Waals surface area (Å²) in [4.78, 5) is 45.2. The van der Waals surface area contributed by atoms with Crippen molar-refractivity contribution in [1.82, 2.24) is 4.98 Å². The van der Waals surface area contributed by atoms with Crippen LogP contribution in [0.2, 0.25) is 0 Å². The smallest absolute Gasteiger partial charge is 0.350 e. The zero-order valence-corrected chi connectivity index (χ0v) is 21.7. The van der Waals surface area contributed by atoms with Crippen molar-refractivity contribution in [3.8, 4) is 5.75 Å². The fourth-order valence-electron chi connectivity index (χ4n) is 4.69. The molecule has 1 saturated heterocycles. The number of amides is 1. The van der Waals surface area contributed by atoms with Crippen LogP contribution in [-0.4, -0.2) is 40.5 Å². The molecule has 2 aliphatic heterocycles. The number of anilines is 1. The average molecular weight is 519 g/mol. The molecule has 2 aromatic carbocycles. The fraction of sp³-hybridized carbons (Fsp3) is 0.286. The molecule has 37 heavy (non-hydrogen) atoms. The number of aromatic nitrogens is 1. The Bertz CT molecular complexity index is 1460. The number of ether oxygens (including phenoxy) is 2. The fourth-order valence-corrected chi connectivity index (χ4v) is 5.68. The van der Waals surface area contributed by atoms with E-state index in [-0.39, 0.29) is 34.1 Å². The predicted octanol–water partition coefficient (Wildman–Crippen LogP) is 4.89. The van der Waals surface area contributed by atoms with E-state index in [0.717, 1.165) is 28.2 Å². The van der Waals surface area contributed by atoms with E-state index in [1.165, 1.54) is 4.90 Å². The second kappa shape index (κ2) is 9.48. The number of fused-ring (bicyclic) bond motifs is 1. The highest BCUT2D eigenvalue weighted by Crippen LogP contribution is 2.44. The second-order valence-electron chi connectivity index (χ2n) is 9.17. The third-order valence-corrected chi connectivity index (χ3v) is 7.60. The van der Waals surface area contributed by atoms with E-state index < -0.39 is 23.7 Å². The summed E-state index contributed by atoms with van der Waals surface area (Å²) in [6.07, 6.45) is 0.702. The number of aryl methyl sites for hydroxylation is 2. The molecule has 0 bridgehead atoms. The molecular formula is C28H26N2O6S. The monoisotopic (exact) mass is 518 g/mol. The van der Waals surface area contributed by atoms with Gasteiger partial charge in [-0.25, -0.2) is 9.78 Å². The molecule has 0 aliphatic carbocycles. The predicted molar refractivity (Wildman–Crippen MR) is 139 cm³/mol. The molecule has 190 valence electrons. The lowest BCUT2D eigenvalue weighted by Crippen LogP contribution is -2.29. The van der Waals surface area contributed by atoms with Gasteiger partial charge in [0.1, 0.15) is 22.5 Å². The summed E-state index contributed by atoms with van der Waals surface area (Å²) in [6.45, 7) is 7.45. The number of benzene rings is 2. The van der Waals surface area contributed by atoms with Gasteiger partial charge in [0.15, 0.2) is 5.13 Å². The number of carbonyl (C=O) groups is 3. The molecule has 1 fully saturated rings. The lowest BCUT2D eigenvalue weighted by molar-refractivity contribution is -0.132. The Morgan fingerprint density at radius 3 is 2.62 bits per heavy atom. The van der Waals surface area contributed by atoms with Crippen molar-refractivity contribution < 1.29 is 29.0 Å². The number of aliphatic hydroxyl groups excluding tert-OH is 1. The standard InChI is InChI=1S/C28H26N2O6S/c1-5-35-27(34)25-16(4)29-28(37-25)30-22(17-8-6-14(2)7-9-17)21(24(32)26(30)33)23(31)18-10-11-20-19(13-18)12-15(3)36-20/h6-11,13,15,22,31H,5,12H2,1-4H3/b23-21+. The zero-order chi connectivity index (χ0) is 26.4. The van der Waals surface area contributed by atoms with Crippen molar-refractivity contribution in [3.63, 3.8) is 0 Å². The number of ketones is 1. The molecule has 5 rings (SSSR count). The van der Waals surface area contributed by atoms with Gasteiger partial charge in [0.05, 0.1) is 23.9 Å². The van der Waals surface area contributed by atoms with E-state index in [9.17, 15) is 19.5 Å². The first-order valence-electron chi connectivity index (χ1n) is 12.0. The number of hydrogen-bond acceptors (Lipinski definition) is 8. The van der Waals surface area contributed by atoms with Crippen molar-refractivity contribution in [2.45, 2.75) is 46.3 Å². The molecule has 3 heterocycles. The minimum Gasteiger partial charge on any atom is -0.507 e. The van der Waals surface area contributed by atoms with Crippen LogP contribution in [0.3, 0.4) is 0 Å². The van der Waals surface area contributed by atoms with Gasteiger partial charge in [0, 0.05) is 12.0 Å². The van der Waals surface area contributed by atoms with Crippen LogP contribution in [0.4, 0.5) is 5.13 Å². The average Bonchev–Trinajstić information content (AvgIpc) is 3.51. The summed E-state index contributed by atoms with van der Waals surface area (Å²) in [5.41, 5.74) is 3.35. The molecule has 2 aliphatic rings. The maximum atomic E-state index is 13.4. The van der Waals surface area contributed by atoms with Crippen LogP contribution < -0.4 is 9.64 Å². The number of hydrogen-bond donors (Lipinski definition) is 1. The molecule has 2 unspecified atom stereocenters. The number of thiazole rings is 1. The Hall–Kier alpha value is -3.98. The van der Waals surface area contributed by atoms with E-state index in [4.69, 9.17) is 9.47 Å². The Labute approximate surface area is 218 Å². The molecule has 9 heteroatoms. The van der Waals surface area contributed by atoms with Gasteiger partial charge in [-0.15, -0.1) is 0 Å². The number of Topliss-reactive ketones (excluding diaryl/α,β-unsaturated/α-hetero) is 1. The van der Waals surface area contributed by atoms with Crippen LogP contribution >= 0.6 is 11.3 Å². The summed E-state index contributed by atoms with van der Waals surface area (Å²) >= 11 is 0.985. The van der Waals surface area contributed by atoms with Gasteiger partial charge in [-0.05, 0) is 57.0 Å². The van der Waals surface area contributed by atoms with Gasteiger partial charge in [-0.1, -0.05) is 41.2 Å². The van der Waals surface area contributed by atoms with Crippen LogP contribution in [0.5, 0.6) is 5.75 Å². The number of carbonyl (C=O) groups excluding carboxylic acids is 3. The molecule has 1 amide bonds. The topological polar surface area (TPSA) is 106 Å². The van der Waals surface area contributed by atoms with Crippen molar-refractivity contribution in [1.29, 1.82) is 0 Å². The summed E-state index contributed by atoms with van der Waals surface area (Å²) in [5, 5.41) is 11.6. The summed E-state index contributed by atoms with van der Waals surface area (Å²) in [7, 11) is 0. The first kappa shape index (κ1) is 24.7. The van der Waals surface area contributed by atoms with Crippen molar-refractivity contribution in [2.24, 2.45) is 0 Å². The SMILES string of the molecule is CCOC(=O)c1sc(N2C(=O)C(=O)/C(=C(/O)c3ccc4c(c3)CC(C)O4)C2c2ccc(C)cc2)nc1C. The molecule has 3 aromatic rings. The van der Waals surface area contributed by atoms with Crippen molar-refractivity contribution in [2.75, 3.05) is 11.5 Å². The summed E-state index contributed by atoms with van der Waals surface area (Å²) in [5.74, 6) is -1.72. The van der Waals surface area contributed by atoms with Crippen LogP contribution in [0.25, 0.3) is 5.76 Å². The molecule has 2 atom stereocenters. The van der Waals surface area contributed by atoms with Crippen molar-refractivity contribution >= 4 is 39.9 Å². The first-order chi connectivity index (χ1) is 17.7. The molecular weight excluding hydrogens is 492 g/mol. The maximum Gasteiger partial charge on any atom is 0.350 e. The number of esters is 1. The molecule has 0 saturated carbocycles. The van der Waals surface area contributed by atoms with Crippen LogP contribution in [-0.2, 0) is 20.7 Å². The van der Waals surface area contributed by atoms with Crippen LogP contribution in [0, 0.1) is 13.8 Å². The summed E-state index contributed by atoms with van der Waals surface area (Å²) < 4.78 is 10.9. The van der Waals surface area contributed by atoms with Gasteiger partial charge in [-0.3, -0.25) is 14.5 Å².